The summed E-state index contributed by atoms with van der Waals surface area (Å²) in [6.07, 6.45) is 12.3. The maximum absolute atomic E-state index is 11.7. The quantitative estimate of drug-likeness (QED) is 0.596. The number of carboxylic acid groups (broad SMARTS) is 2. The zero-order chi connectivity index (χ0) is 16.6. The van der Waals surface area contributed by atoms with Crippen LogP contribution in [0.25, 0.3) is 0 Å². The van der Waals surface area contributed by atoms with E-state index in [-0.39, 0.29) is 5.91 Å². The van der Waals surface area contributed by atoms with Crippen molar-refractivity contribution >= 4 is 18.4 Å². The molecular formula is C16H30N2O4. The molecule has 0 saturated heterocycles. The molecule has 128 valence electrons. The van der Waals surface area contributed by atoms with E-state index in [1.807, 2.05) is 0 Å². The topological polar surface area (TPSA) is 90.2 Å². The molecule has 0 spiro atoms. The van der Waals surface area contributed by atoms with Gasteiger partial charge in [0.25, 0.3) is 0 Å². The van der Waals surface area contributed by atoms with Crippen molar-refractivity contribution in [1.82, 2.24) is 4.90 Å². The number of carbonyl (C=O) groups excluding carboxylic acids is 1. The first-order chi connectivity index (χ1) is 10.6. The summed E-state index contributed by atoms with van der Waals surface area (Å²) in [5.74, 6) is 0.249. The first kappa shape index (κ1) is 20.4. The number of hydrogen-bond donors (Lipinski definition) is 2. The molecule has 0 aromatic rings. The third kappa shape index (κ3) is 13.4. The highest BCUT2D eigenvalue weighted by Gasteiger charge is 2.13. The summed E-state index contributed by atoms with van der Waals surface area (Å²) in [5, 5.41) is 13.9. The third-order valence-electron chi connectivity index (χ3n) is 3.51. The van der Waals surface area contributed by atoms with Crippen LogP contribution in [0.15, 0.2) is 4.99 Å². The normalized spacial score (nSPS) is 12.9. The molecule has 0 atom stereocenters. The van der Waals surface area contributed by atoms with Gasteiger partial charge in [0.2, 0.25) is 5.91 Å². The minimum Gasteiger partial charge on any atom is -0.450 e. The van der Waals surface area contributed by atoms with E-state index in [2.05, 4.69) is 11.9 Å². The Morgan fingerprint density at radius 2 is 1.50 bits per heavy atom. The second kappa shape index (κ2) is 14.4. The molecule has 1 heterocycles. The van der Waals surface area contributed by atoms with Gasteiger partial charge in [-0.05, 0) is 6.42 Å². The number of rotatable bonds is 10. The van der Waals surface area contributed by atoms with E-state index in [1.165, 1.54) is 51.4 Å². The molecule has 0 bridgehead atoms. The number of hydrogen-bond acceptors (Lipinski definition) is 3. The molecule has 0 aliphatic carbocycles. The van der Waals surface area contributed by atoms with Crippen molar-refractivity contribution < 1.29 is 19.8 Å². The van der Waals surface area contributed by atoms with E-state index in [4.69, 9.17) is 15.0 Å². The maximum Gasteiger partial charge on any atom is 0.503 e. The molecule has 1 rings (SSSR count). The van der Waals surface area contributed by atoms with Crippen molar-refractivity contribution in [3.05, 3.63) is 0 Å². The van der Waals surface area contributed by atoms with Gasteiger partial charge in [0, 0.05) is 13.0 Å². The Morgan fingerprint density at radius 1 is 1.00 bits per heavy atom. The highest BCUT2D eigenvalue weighted by Crippen LogP contribution is 2.11. The zero-order valence-corrected chi connectivity index (χ0v) is 13.7. The van der Waals surface area contributed by atoms with Crippen LogP contribution in [-0.4, -0.2) is 46.6 Å². The van der Waals surface area contributed by atoms with Gasteiger partial charge in [-0.1, -0.05) is 58.3 Å². The Hall–Kier alpha value is -1.59. The average molecular weight is 314 g/mol. The minimum absolute atomic E-state index is 0.249. The second-order valence-corrected chi connectivity index (χ2v) is 5.47. The van der Waals surface area contributed by atoms with E-state index >= 15 is 0 Å². The molecule has 6 nitrogen and oxygen atoms in total. The van der Waals surface area contributed by atoms with Crippen LogP contribution in [0.5, 0.6) is 0 Å². The molecule has 0 aromatic heterocycles. The van der Waals surface area contributed by atoms with Gasteiger partial charge in [-0.25, -0.2) is 4.79 Å². The van der Waals surface area contributed by atoms with Crippen LogP contribution < -0.4 is 0 Å². The molecule has 0 aromatic carbocycles. The van der Waals surface area contributed by atoms with Gasteiger partial charge in [0.05, 0.1) is 12.9 Å². The lowest BCUT2D eigenvalue weighted by Crippen LogP contribution is -2.27. The Balaban J connectivity index is 0.000000980. The van der Waals surface area contributed by atoms with Crippen LogP contribution in [0.2, 0.25) is 0 Å². The lowest BCUT2D eigenvalue weighted by atomic mass is 10.1. The maximum atomic E-state index is 11.7. The minimum atomic E-state index is -1.83. The van der Waals surface area contributed by atoms with Gasteiger partial charge in [-0.15, -0.1) is 0 Å². The van der Waals surface area contributed by atoms with Gasteiger partial charge in [0.15, 0.2) is 0 Å². The SMILES string of the molecule is CCCCCCCCCCCC(=O)N1C=NCC1.O=C(O)O. The molecule has 2 N–H and O–H groups in total. The summed E-state index contributed by atoms with van der Waals surface area (Å²) >= 11 is 0. The zero-order valence-electron chi connectivity index (χ0n) is 13.7. The molecule has 0 saturated carbocycles. The van der Waals surface area contributed by atoms with Crippen LogP contribution in [-0.2, 0) is 4.79 Å². The van der Waals surface area contributed by atoms with Crippen molar-refractivity contribution in [2.24, 2.45) is 4.99 Å². The Kier molecular flexibility index (Phi) is 13.3. The Bertz CT molecular complexity index is 328. The van der Waals surface area contributed by atoms with Gasteiger partial charge in [0.1, 0.15) is 0 Å². The molecule has 6 heteroatoms. The predicted octanol–water partition coefficient (Wildman–Crippen LogP) is 4.00. The van der Waals surface area contributed by atoms with Gasteiger partial charge in [-0.3, -0.25) is 9.79 Å². The summed E-state index contributed by atoms with van der Waals surface area (Å²) in [6.45, 7) is 3.82. The standard InChI is InChI=1S/C15H28N2O.CH2O3/c1-2-3-4-5-6-7-8-9-10-11-15(18)17-13-12-16-14-17;2-1(3)4/h14H,2-13H2,1H3;(H2,2,3,4). The lowest BCUT2D eigenvalue weighted by molar-refractivity contribution is -0.126. The van der Waals surface area contributed by atoms with E-state index in [9.17, 15) is 4.79 Å². The summed E-state index contributed by atoms with van der Waals surface area (Å²) in [4.78, 5) is 26.1. The van der Waals surface area contributed by atoms with Crippen LogP contribution in [0.4, 0.5) is 4.79 Å². The smallest absolute Gasteiger partial charge is 0.450 e. The number of nitrogens with zero attached hydrogens (tertiary/aromatic N) is 2. The molecule has 1 aliphatic rings. The summed E-state index contributed by atoms with van der Waals surface area (Å²) < 4.78 is 0. The van der Waals surface area contributed by atoms with Crippen LogP contribution in [0.1, 0.15) is 71.1 Å². The molecule has 0 fully saturated rings. The van der Waals surface area contributed by atoms with E-state index in [0.29, 0.717) is 6.42 Å². The average Bonchev–Trinajstić information content (AvgIpc) is 2.99. The summed E-state index contributed by atoms with van der Waals surface area (Å²) in [7, 11) is 0. The fourth-order valence-corrected chi connectivity index (χ4v) is 2.30. The van der Waals surface area contributed by atoms with E-state index in [1.54, 1.807) is 11.2 Å². The molecule has 1 aliphatic heterocycles. The molecule has 1 amide bonds. The summed E-state index contributed by atoms with van der Waals surface area (Å²) in [6, 6.07) is 0. The van der Waals surface area contributed by atoms with Crippen LogP contribution in [0.3, 0.4) is 0 Å². The van der Waals surface area contributed by atoms with Crippen LogP contribution >= 0.6 is 0 Å². The van der Waals surface area contributed by atoms with Crippen molar-refractivity contribution in [2.75, 3.05) is 13.1 Å². The van der Waals surface area contributed by atoms with Gasteiger partial charge >= 0.3 is 6.16 Å². The fraction of sp³-hybridized carbons (Fsp3) is 0.812. The van der Waals surface area contributed by atoms with Crippen molar-refractivity contribution in [3.63, 3.8) is 0 Å². The van der Waals surface area contributed by atoms with Crippen molar-refractivity contribution in [1.29, 1.82) is 0 Å². The second-order valence-electron chi connectivity index (χ2n) is 5.47. The van der Waals surface area contributed by atoms with Gasteiger partial charge < -0.3 is 15.1 Å². The first-order valence-electron chi connectivity index (χ1n) is 8.29. The van der Waals surface area contributed by atoms with Crippen molar-refractivity contribution in [3.8, 4) is 0 Å². The van der Waals surface area contributed by atoms with Crippen LogP contribution in [0, 0.1) is 0 Å². The van der Waals surface area contributed by atoms with E-state index < -0.39 is 6.16 Å². The monoisotopic (exact) mass is 314 g/mol. The van der Waals surface area contributed by atoms with Crippen molar-refractivity contribution in [2.45, 2.75) is 71.1 Å². The molecule has 0 radical (unpaired) electrons. The highest BCUT2D eigenvalue weighted by atomic mass is 16.6. The Morgan fingerprint density at radius 3 is 1.95 bits per heavy atom. The van der Waals surface area contributed by atoms with Gasteiger partial charge in [-0.2, -0.15) is 0 Å². The number of aliphatic imine (C=N–C) groups is 1. The first-order valence-corrected chi connectivity index (χ1v) is 8.29. The predicted molar refractivity (Wildman–Crippen MR) is 87.6 cm³/mol. The summed E-state index contributed by atoms with van der Waals surface area (Å²) in [5.41, 5.74) is 0. The number of unbranched alkanes of at least 4 members (excludes halogenated alkanes) is 8. The molecular weight excluding hydrogens is 284 g/mol. The fourth-order valence-electron chi connectivity index (χ4n) is 2.30. The lowest BCUT2D eigenvalue weighted by Gasteiger charge is -2.11. The Labute approximate surface area is 133 Å². The highest BCUT2D eigenvalue weighted by molar-refractivity contribution is 5.88. The molecule has 22 heavy (non-hydrogen) atoms. The largest absolute Gasteiger partial charge is 0.503 e. The third-order valence-corrected chi connectivity index (χ3v) is 3.51. The van der Waals surface area contributed by atoms with E-state index in [0.717, 1.165) is 19.5 Å². The number of carbonyl (C=O) groups is 2. The number of amides is 1. The molecule has 0 unspecified atom stereocenters.